The molecule has 0 saturated heterocycles. The quantitative estimate of drug-likeness (QED) is 0.330. The third-order valence-electron chi connectivity index (χ3n) is 4.91. The van der Waals surface area contributed by atoms with E-state index in [9.17, 15) is 4.21 Å². The minimum Gasteiger partial charge on any atom is -0.255 e. The Bertz CT molecular complexity index is 1060. The minimum absolute atomic E-state index is 0. The molecule has 30 heavy (non-hydrogen) atoms. The maximum atomic E-state index is 11.7. The number of halogens is 1. The van der Waals surface area contributed by atoms with Crippen LogP contribution in [0.2, 0.25) is 0 Å². The van der Waals surface area contributed by atoms with Gasteiger partial charge in [0.15, 0.2) is 0 Å². The average Bonchev–Trinajstić information content (AvgIpc) is 2.77. The Morgan fingerprint density at radius 1 is 0.667 bits per heavy atom. The van der Waals surface area contributed by atoms with Gasteiger partial charge < -0.3 is 0 Å². The lowest BCUT2D eigenvalue weighted by atomic mass is 10.1. The number of benzene rings is 4. The second kappa shape index (κ2) is 10.8. The Kier molecular flexibility index (Phi) is 8.16. The highest BCUT2D eigenvalue weighted by Gasteiger charge is 2.19. The molecule has 0 fully saturated rings. The van der Waals surface area contributed by atoms with Crippen LogP contribution in [0.3, 0.4) is 0 Å². The maximum Gasteiger partial charge on any atom is 0.0498 e. The first-order chi connectivity index (χ1) is 14.2. The van der Waals surface area contributed by atoms with E-state index in [-0.39, 0.29) is 17.0 Å². The van der Waals surface area contributed by atoms with Gasteiger partial charge in [-0.25, -0.2) is 0 Å². The van der Waals surface area contributed by atoms with Crippen LogP contribution in [-0.4, -0.2) is 10.5 Å². The van der Waals surface area contributed by atoms with Gasteiger partial charge in [0.1, 0.15) is 0 Å². The average molecular weight is 495 g/mol. The highest BCUT2D eigenvalue weighted by atomic mass is 79.9. The van der Waals surface area contributed by atoms with Crippen molar-refractivity contribution >= 4 is 51.6 Å². The first-order valence-electron chi connectivity index (χ1n) is 9.63. The third-order valence-corrected chi connectivity index (χ3v) is 8.39. The third kappa shape index (κ3) is 5.35. The van der Waals surface area contributed by atoms with Crippen molar-refractivity contribution in [2.75, 3.05) is 6.26 Å². The molecule has 4 heteroatoms. The van der Waals surface area contributed by atoms with E-state index in [1.807, 2.05) is 12.1 Å². The van der Waals surface area contributed by atoms with Crippen LogP contribution in [0.1, 0.15) is 11.1 Å². The van der Waals surface area contributed by atoms with Gasteiger partial charge in [-0.05, 0) is 53.5 Å². The van der Waals surface area contributed by atoms with Crippen molar-refractivity contribution < 1.29 is 4.21 Å². The molecule has 0 bridgehead atoms. The van der Waals surface area contributed by atoms with E-state index in [0.717, 1.165) is 11.3 Å². The monoisotopic (exact) mass is 494 g/mol. The topological polar surface area (TPSA) is 17.1 Å². The van der Waals surface area contributed by atoms with Crippen LogP contribution in [0.25, 0.3) is 0 Å². The van der Waals surface area contributed by atoms with Crippen LogP contribution in [-0.2, 0) is 17.2 Å². The van der Waals surface area contributed by atoms with Gasteiger partial charge in [-0.2, -0.15) is 0 Å². The largest absolute Gasteiger partial charge is 0.255 e. The Hall–Kier alpha value is -2.06. The van der Waals surface area contributed by atoms with Gasteiger partial charge in [0.2, 0.25) is 0 Å². The molecule has 0 aliphatic rings. The molecule has 0 N–H and O–H groups in total. The smallest absolute Gasteiger partial charge is 0.0498 e. The molecule has 1 nitrogen and oxygen atoms in total. The van der Waals surface area contributed by atoms with Crippen molar-refractivity contribution in [1.29, 1.82) is 0 Å². The standard InChI is InChI=1S/C26H23OPS.BrH/c1-29(27)25-18-16-21(17-19-25)20-22-10-8-9-15-26(22)28(23-11-4-2-5-12-23)24-13-6-3-7-14-24;/h2-19H,20H2,1H3;1H. The summed E-state index contributed by atoms with van der Waals surface area (Å²) in [6.07, 6.45) is 2.59. The first kappa shape index (κ1) is 22.6. The van der Waals surface area contributed by atoms with Gasteiger partial charge in [0, 0.05) is 22.0 Å². The molecule has 4 aromatic carbocycles. The van der Waals surface area contributed by atoms with Gasteiger partial charge in [-0.3, -0.25) is 4.21 Å². The Morgan fingerprint density at radius 2 is 1.17 bits per heavy atom. The summed E-state index contributed by atoms with van der Waals surface area (Å²) < 4.78 is 11.7. The highest BCUT2D eigenvalue weighted by molar-refractivity contribution is 8.93. The van der Waals surface area contributed by atoms with Gasteiger partial charge in [-0.15, -0.1) is 17.0 Å². The lowest BCUT2D eigenvalue weighted by Gasteiger charge is -2.22. The molecule has 0 saturated carbocycles. The Labute approximate surface area is 193 Å². The van der Waals surface area contributed by atoms with Crippen molar-refractivity contribution in [3.05, 3.63) is 120 Å². The lowest BCUT2D eigenvalue weighted by molar-refractivity contribution is 0.687. The summed E-state index contributed by atoms with van der Waals surface area (Å²) in [6, 6.07) is 38.5. The predicted molar refractivity (Wildman–Crippen MR) is 137 cm³/mol. The van der Waals surface area contributed by atoms with Crippen LogP contribution in [0.15, 0.2) is 114 Å². The van der Waals surface area contributed by atoms with Crippen LogP contribution in [0.4, 0.5) is 0 Å². The van der Waals surface area contributed by atoms with Crippen LogP contribution < -0.4 is 15.9 Å². The van der Waals surface area contributed by atoms with Crippen LogP contribution >= 0.6 is 24.9 Å². The van der Waals surface area contributed by atoms with Crippen LogP contribution in [0, 0.1) is 0 Å². The van der Waals surface area contributed by atoms with E-state index in [1.54, 1.807) is 6.26 Å². The van der Waals surface area contributed by atoms with Crippen LogP contribution in [0.5, 0.6) is 0 Å². The lowest BCUT2D eigenvalue weighted by Crippen LogP contribution is -2.23. The van der Waals surface area contributed by atoms with E-state index in [2.05, 4.69) is 97.1 Å². The molecule has 0 radical (unpaired) electrons. The van der Waals surface area contributed by atoms with E-state index in [1.165, 1.54) is 27.0 Å². The zero-order valence-electron chi connectivity index (χ0n) is 16.8. The molecule has 4 rings (SSSR count). The molecule has 4 aromatic rings. The van der Waals surface area contributed by atoms with Gasteiger partial charge in [0.25, 0.3) is 0 Å². The zero-order valence-corrected chi connectivity index (χ0v) is 20.2. The van der Waals surface area contributed by atoms with Crippen molar-refractivity contribution in [1.82, 2.24) is 0 Å². The Balaban J connectivity index is 0.00000256. The fraction of sp³-hybridized carbons (Fsp3) is 0.0769. The first-order valence-corrected chi connectivity index (χ1v) is 12.5. The molecule has 0 heterocycles. The summed E-state index contributed by atoms with van der Waals surface area (Å²) in [5, 5.41) is 4.11. The predicted octanol–water partition coefficient (Wildman–Crippen LogP) is 5.35. The summed E-state index contributed by atoms with van der Waals surface area (Å²) >= 11 is 0. The second-order valence-electron chi connectivity index (χ2n) is 6.91. The van der Waals surface area contributed by atoms with E-state index in [0.29, 0.717) is 0 Å². The second-order valence-corrected chi connectivity index (χ2v) is 10.5. The molecular weight excluding hydrogens is 471 g/mol. The van der Waals surface area contributed by atoms with E-state index >= 15 is 0 Å². The highest BCUT2D eigenvalue weighted by Crippen LogP contribution is 2.34. The van der Waals surface area contributed by atoms with Crippen molar-refractivity contribution in [2.24, 2.45) is 0 Å². The molecule has 152 valence electrons. The van der Waals surface area contributed by atoms with Crippen molar-refractivity contribution in [2.45, 2.75) is 11.3 Å². The maximum absolute atomic E-state index is 11.7. The van der Waals surface area contributed by atoms with Crippen molar-refractivity contribution in [3.8, 4) is 0 Å². The Morgan fingerprint density at radius 3 is 1.70 bits per heavy atom. The normalized spacial score (nSPS) is 11.7. The summed E-state index contributed by atoms with van der Waals surface area (Å²) in [7, 11) is -1.57. The summed E-state index contributed by atoms with van der Waals surface area (Å²) in [4.78, 5) is 0.873. The molecule has 0 spiro atoms. The molecular formula is C26H24BrOPS. The fourth-order valence-corrected chi connectivity index (χ4v) is 6.47. The van der Waals surface area contributed by atoms with Crippen molar-refractivity contribution in [3.63, 3.8) is 0 Å². The fourth-order valence-electron chi connectivity index (χ4n) is 3.48. The van der Waals surface area contributed by atoms with Gasteiger partial charge >= 0.3 is 0 Å². The SMILES string of the molecule is Br.CS(=O)c1ccc(Cc2ccccc2P(c2ccccc2)c2ccccc2)cc1. The molecule has 0 aromatic heterocycles. The van der Waals surface area contributed by atoms with Gasteiger partial charge in [-0.1, -0.05) is 97.1 Å². The number of rotatable bonds is 6. The van der Waals surface area contributed by atoms with E-state index < -0.39 is 18.7 Å². The molecule has 1 atom stereocenters. The minimum atomic E-state index is -0.942. The summed E-state index contributed by atoms with van der Waals surface area (Å²) in [5.41, 5.74) is 2.58. The number of hydrogen-bond acceptors (Lipinski definition) is 1. The van der Waals surface area contributed by atoms with E-state index in [4.69, 9.17) is 0 Å². The molecule has 0 aliphatic carbocycles. The molecule has 1 unspecified atom stereocenters. The summed E-state index contributed by atoms with van der Waals surface area (Å²) in [6.45, 7) is 0. The molecule has 0 aliphatic heterocycles. The molecule has 0 amide bonds. The van der Waals surface area contributed by atoms with Gasteiger partial charge in [0.05, 0.1) is 0 Å². The zero-order chi connectivity index (χ0) is 20.1. The summed E-state index contributed by atoms with van der Waals surface area (Å²) in [5.74, 6) is 0. The number of hydrogen-bond donors (Lipinski definition) is 0.